The maximum Gasteiger partial charge on any atom is 0.352 e. The number of carboxylic acid groups (broad SMARTS) is 1. The summed E-state index contributed by atoms with van der Waals surface area (Å²) in [6, 6.07) is 3.47. The van der Waals surface area contributed by atoms with Gasteiger partial charge in [-0.15, -0.1) is 0 Å². The summed E-state index contributed by atoms with van der Waals surface area (Å²) in [4.78, 5) is 23.0. The third-order valence-corrected chi connectivity index (χ3v) is 3.95. The first kappa shape index (κ1) is 12.3. The number of hydrogen-bond donors (Lipinski definition) is 2. The van der Waals surface area contributed by atoms with Crippen molar-refractivity contribution in [2.75, 3.05) is 0 Å². The number of hydrogen-bond acceptors (Lipinski definition) is 2. The standard InChI is InChI=1S/C14H18N2O3/c17-12(8-16-7-1-2-11(16)14(18)19)15-13(9-3-4-9)10-5-6-10/h1-2,7,9-10,13H,3-6,8H2,(H,15,17)(H,18,19). The van der Waals surface area contributed by atoms with Gasteiger partial charge in [-0.1, -0.05) is 0 Å². The molecule has 2 aliphatic carbocycles. The van der Waals surface area contributed by atoms with E-state index >= 15 is 0 Å². The first-order valence-corrected chi connectivity index (χ1v) is 6.83. The second kappa shape index (κ2) is 4.72. The van der Waals surface area contributed by atoms with E-state index < -0.39 is 5.97 Å². The van der Waals surface area contributed by atoms with E-state index in [4.69, 9.17) is 5.11 Å². The third-order valence-electron chi connectivity index (χ3n) is 3.95. The molecule has 0 aliphatic heterocycles. The van der Waals surface area contributed by atoms with Crippen LogP contribution in [0.25, 0.3) is 0 Å². The van der Waals surface area contributed by atoms with Crippen LogP contribution < -0.4 is 5.32 Å². The molecular weight excluding hydrogens is 244 g/mol. The molecule has 0 atom stereocenters. The highest BCUT2D eigenvalue weighted by Gasteiger charge is 2.42. The van der Waals surface area contributed by atoms with E-state index in [0.717, 1.165) is 0 Å². The molecule has 1 amide bonds. The summed E-state index contributed by atoms with van der Waals surface area (Å²) >= 11 is 0. The number of carbonyl (C=O) groups is 2. The second-order valence-corrected chi connectivity index (χ2v) is 5.59. The van der Waals surface area contributed by atoms with E-state index in [1.807, 2.05) is 0 Å². The lowest BCUT2D eigenvalue weighted by Gasteiger charge is -2.18. The molecule has 0 saturated heterocycles. The zero-order chi connectivity index (χ0) is 13.4. The van der Waals surface area contributed by atoms with Gasteiger partial charge in [0.2, 0.25) is 5.91 Å². The molecule has 1 aromatic rings. The molecular formula is C14H18N2O3. The van der Waals surface area contributed by atoms with Gasteiger partial charge >= 0.3 is 5.97 Å². The first-order chi connectivity index (χ1) is 9.15. The average Bonchev–Trinajstić information content (AvgIpc) is 3.26. The molecule has 5 nitrogen and oxygen atoms in total. The molecule has 3 rings (SSSR count). The Morgan fingerprint density at radius 2 is 1.95 bits per heavy atom. The second-order valence-electron chi connectivity index (χ2n) is 5.59. The molecule has 0 spiro atoms. The van der Waals surface area contributed by atoms with Crippen LogP contribution in [0.2, 0.25) is 0 Å². The molecule has 0 radical (unpaired) electrons. The van der Waals surface area contributed by atoms with Crippen molar-refractivity contribution in [3.63, 3.8) is 0 Å². The number of amides is 1. The molecule has 1 aromatic heterocycles. The van der Waals surface area contributed by atoms with E-state index in [1.165, 1.54) is 36.3 Å². The number of carbonyl (C=O) groups excluding carboxylic acids is 1. The summed E-state index contributed by atoms with van der Waals surface area (Å²) in [5, 5.41) is 12.1. The fourth-order valence-electron chi connectivity index (χ4n) is 2.66. The molecule has 0 bridgehead atoms. The summed E-state index contributed by atoms with van der Waals surface area (Å²) in [5.74, 6) is 0.223. The van der Waals surface area contributed by atoms with Crippen LogP contribution in [0.15, 0.2) is 18.3 Å². The third kappa shape index (κ3) is 2.80. The largest absolute Gasteiger partial charge is 0.477 e. The fourth-order valence-corrected chi connectivity index (χ4v) is 2.66. The van der Waals surface area contributed by atoms with Crippen LogP contribution >= 0.6 is 0 Å². The smallest absolute Gasteiger partial charge is 0.352 e. The lowest BCUT2D eigenvalue weighted by Crippen LogP contribution is -2.40. The number of nitrogens with one attached hydrogen (secondary N) is 1. The Morgan fingerprint density at radius 3 is 2.47 bits per heavy atom. The highest BCUT2D eigenvalue weighted by Crippen LogP contribution is 2.44. The highest BCUT2D eigenvalue weighted by molar-refractivity contribution is 5.87. The van der Waals surface area contributed by atoms with E-state index in [-0.39, 0.29) is 18.1 Å². The molecule has 5 heteroatoms. The Bertz CT molecular complexity index is 489. The van der Waals surface area contributed by atoms with Gasteiger partial charge < -0.3 is 15.0 Å². The molecule has 2 saturated carbocycles. The Kier molecular flexibility index (Phi) is 3.05. The Balaban J connectivity index is 1.61. The highest BCUT2D eigenvalue weighted by atomic mass is 16.4. The lowest BCUT2D eigenvalue weighted by atomic mass is 10.1. The maximum atomic E-state index is 12.0. The van der Waals surface area contributed by atoms with Gasteiger partial charge in [-0.05, 0) is 49.7 Å². The van der Waals surface area contributed by atoms with Crippen molar-refractivity contribution in [3.05, 3.63) is 24.0 Å². The van der Waals surface area contributed by atoms with Gasteiger partial charge in [-0.2, -0.15) is 0 Å². The van der Waals surface area contributed by atoms with Crippen LogP contribution in [0.5, 0.6) is 0 Å². The van der Waals surface area contributed by atoms with Crippen molar-refractivity contribution in [1.29, 1.82) is 0 Å². The summed E-state index contributed by atoms with van der Waals surface area (Å²) in [7, 11) is 0. The number of carboxylic acids is 1. The van der Waals surface area contributed by atoms with Crippen LogP contribution in [-0.2, 0) is 11.3 Å². The number of aromatic carboxylic acids is 1. The summed E-state index contributed by atoms with van der Waals surface area (Å²) in [5.41, 5.74) is 0.157. The number of aromatic nitrogens is 1. The van der Waals surface area contributed by atoms with Crippen molar-refractivity contribution < 1.29 is 14.7 Å². The lowest BCUT2D eigenvalue weighted by molar-refractivity contribution is -0.122. The Labute approximate surface area is 111 Å². The van der Waals surface area contributed by atoms with Gasteiger partial charge in [-0.3, -0.25) is 4.79 Å². The number of rotatable bonds is 6. The van der Waals surface area contributed by atoms with Crippen LogP contribution in [0.1, 0.15) is 36.2 Å². The van der Waals surface area contributed by atoms with Gasteiger partial charge in [0.05, 0.1) is 0 Å². The summed E-state index contributed by atoms with van der Waals surface area (Å²) in [6.45, 7) is 0.0879. The molecule has 19 heavy (non-hydrogen) atoms. The van der Waals surface area contributed by atoms with Crippen molar-refractivity contribution in [2.24, 2.45) is 11.8 Å². The van der Waals surface area contributed by atoms with Crippen LogP contribution in [0, 0.1) is 11.8 Å². The Morgan fingerprint density at radius 1 is 1.32 bits per heavy atom. The van der Waals surface area contributed by atoms with Crippen LogP contribution in [-0.4, -0.2) is 27.6 Å². The maximum absolute atomic E-state index is 12.0. The van der Waals surface area contributed by atoms with E-state index in [2.05, 4.69) is 5.32 Å². The molecule has 102 valence electrons. The zero-order valence-electron chi connectivity index (χ0n) is 10.7. The predicted molar refractivity (Wildman–Crippen MR) is 68.8 cm³/mol. The molecule has 2 N–H and O–H groups in total. The first-order valence-electron chi connectivity index (χ1n) is 6.83. The van der Waals surface area contributed by atoms with Gasteiger partial charge in [-0.25, -0.2) is 4.79 Å². The fraction of sp³-hybridized carbons (Fsp3) is 0.571. The predicted octanol–water partition coefficient (Wildman–Crippen LogP) is 1.49. The average molecular weight is 262 g/mol. The molecule has 2 aliphatic rings. The molecule has 2 fully saturated rings. The molecule has 1 heterocycles. The summed E-state index contributed by atoms with van der Waals surface area (Å²) < 4.78 is 1.48. The van der Waals surface area contributed by atoms with Gasteiger partial charge in [0.15, 0.2) is 0 Å². The molecule has 0 aromatic carbocycles. The zero-order valence-corrected chi connectivity index (χ0v) is 10.7. The summed E-state index contributed by atoms with van der Waals surface area (Å²) in [6.07, 6.45) is 6.49. The SMILES string of the molecule is O=C(Cn1cccc1C(=O)O)NC(C1CC1)C1CC1. The van der Waals surface area contributed by atoms with E-state index in [0.29, 0.717) is 17.9 Å². The topological polar surface area (TPSA) is 71.3 Å². The van der Waals surface area contributed by atoms with Crippen molar-refractivity contribution >= 4 is 11.9 Å². The van der Waals surface area contributed by atoms with E-state index in [1.54, 1.807) is 12.3 Å². The van der Waals surface area contributed by atoms with Crippen LogP contribution in [0.3, 0.4) is 0 Å². The quantitative estimate of drug-likeness (QED) is 0.816. The van der Waals surface area contributed by atoms with Crippen molar-refractivity contribution in [1.82, 2.24) is 9.88 Å². The van der Waals surface area contributed by atoms with Crippen molar-refractivity contribution in [2.45, 2.75) is 38.3 Å². The normalized spacial score (nSPS) is 18.6. The Hall–Kier alpha value is -1.78. The van der Waals surface area contributed by atoms with E-state index in [9.17, 15) is 9.59 Å². The minimum Gasteiger partial charge on any atom is -0.477 e. The van der Waals surface area contributed by atoms with Crippen molar-refractivity contribution in [3.8, 4) is 0 Å². The monoisotopic (exact) mass is 262 g/mol. The van der Waals surface area contributed by atoms with Gasteiger partial charge in [0.25, 0.3) is 0 Å². The van der Waals surface area contributed by atoms with Gasteiger partial charge in [0.1, 0.15) is 12.2 Å². The minimum absolute atomic E-state index is 0.0810. The number of nitrogens with zero attached hydrogens (tertiary/aromatic N) is 1. The van der Waals surface area contributed by atoms with Gasteiger partial charge in [0, 0.05) is 12.2 Å². The van der Waals surface area contributed by atoms with Crippen LogP contribution in [0.4, 0.5) is 0 Å². The molecule has 0 unspecified atom stereocenters. The minimum atomic E-state index is -1.00.